The molecule has 1 heterocycles. The van der Waals surface area contributed by atoms with Crippen molar-refractivity contribution in [2.24, 2.45) is 5.73 Å². The fraction of sp³-hybridized carbons (Fsp3) is 0.211. The number of nitro benzene ring substituents is 1. The topological polar surface area (TPSA) is 160 Å². The molecule has 156 valence electrons. The lowest BCUT2D eigenvalue weighted by molar-refractivity contribution is -0.385. The van der Waals surface area contributed by atoms with Crippen molar-refractivity contribution in [1.29, 1.82) is 0 Å². The second-order valence-corrected chi connectivity index (χ2v) is 6.25. The summed E-state index contributed by atoms with van der Waals surface area (Å²) in [4.78, 5) is 46.4. The Morgan fingerprint density at radius 3 is 2.30 bits per heavy atom. The number of ether oxygens (including phenoxy) is 3. The molecule has 11 heteroatoms. The van der Waals surface area contributed by atoms with Crippen LogP contribution in [-0.4, -0.2) is 42.0 Å². The van der Waals surface area contributed by atoms with Gasteiger partial charge >= 0.3 is 5.97 Å². The Kier molecular flexibility index (Phi) is 5.81. The van der Waals surface area contributed by atoms with Gasteiger partial charge in [-0.1, -0.05) is 0 Å². The van der Waals surface area contributed by atoms with Crippen LogP contribution in [0.3, 0.4) is 0 Å². The Bertz CT molecular complexity index is 1020. The molecule has 0 fully saturated rings. The fourth-order valence-corrected chi connectivity index (χ4v) is 2.63. The average molecular weight is 415 g/mol. The number of esters is 1. The van der Waals surface area contributed by atoms with Crippen molar-refractivity contribution < 1.29 is 33.5 Å². The SMILES string of the molecule is C[C@H](OC(=O)c1cc2c(cc1[N+](=O)[O-])OCCO2)C(=O)Nc1ccc(C(N)=O)cc1. The van der Waals surface area contributed by atoms with Crippen LogP contribution in [0.5, 0.6) is 11.5 Å². The molecule has 0 spiro atoms. The Balaban J connectivity index is 1.72. The number of rotatable bonds is 6. The highest BCUT2D eigenvalue weighted by molar-refractivity contribution is 6.00. The molecule has 1 aliphatic heterocycles. The van der Waals surface area contributed by atoms with Gasteiger partial charge in [0.2, 0.25) is 5.91 Å². The van der Waals surface area contributed by atoms with E-state index in [9.17, 15) is 24.5 Å². The van der Waals surface area contributed by atoms with E-state index in [1.54, 1.807) is 0 Å². The first-order valence-corrected chi connectivity index (χ1v) is 8.76. The van der Waals surface area contributed by atoms with Gasteiger partial charge in [0, 0.05) is 17.3 Å². The largest absolute Gasteiger partial charge is 0.486 e. The van der Waals surface area contributed by atoms with Crippen molar-refractivity contribution in [3.8, 4) is 11.5 Å². The number of amides is 2. The summed E-state index contributed by atoms with van der Waals surface area (Å²) in [5, 5.41) is 13.8. The molecule has 1 aliphatic rings. The highest BCUT2D eigenvalue weighted by atomic mass is 16.6. The maximum absolute atomic E-state index is 12.5. The van der Waals surface area contributed by atoms with Crippen LogP contribution in [0.15, 0.2) is 36.4 Å². The lowest BCUT2D eigenvalue weighted by Gasteiger charge is -2.19. The predicted molar refractivity (Wildman–Crippen MR) is 103 cm³/mol. The van der Waals surface area contributed by atoms with Crippen LogP contribution in [0.25, 0.3) is 0 Å². The Hall–Kier alpha value is -4.15. The first kappa shape index (κ1) is 20.6. The van der Waals surface area contributed by atoms with E-state index in [2.05, 4.69) is 5.32 Å². The summed E-state index contributed by atoms with van der Waals surface area (Å²) in [6.45, 7) is 1.77. The number of nitrogens with zero attached hydrogens (tertiary/aromatic N) is 1. The number of hydrogen-bond acceptors (Lipinski definition) is 8. The molecule has 0 aliphatic carbocycles. The van der Waals surface area contributed by atoms with Crippen LogP contribution in [0.4, 0.5) is 11.4 Å². The van der Waals surface area contributed by atoms with Crippen LogP contribution < -0.4 is 20.5 Å². The number of carbonyl (C=O) groups is 3. The zero-order valence-corrected chi connectivity index (χ0v) is 15.7. The maximum Gasteiger partial charge on any atom is 0.346 e. The van der Waals surface area contributed by atoms with Gasteiger partial charge in [0.15, 0.2) is 17.6 Å². The molecule has 30 heavy (non-hydrogen) atoms. The van der Waals surface area contributed by atoms with Crippen molar-refractivity contribution in [1.82, 2.24) is 0 Å². The van der Waals surface area contributed by atoms with E-state index >= 15 is 0 Å². The molecule has 0 bridgehead atoms. The maximum atomic E-state index is 12.5. The summed E-state index contributed by atoms with van der Waals surface area (Å²) in [6, 6.07) is 8.00. The third-order valence-corrected chi connectivity index (χ3v) is 4.17. The number of nitro groups is 1. The monoisotopic (exact) mass is 415 g/mol. The number of fused-ring (bicyclic) bond motifs is 1. The molecule has 0 saturated carbocycles. The minimum absolute atomic E-state index is 0.148. The van der Waals surface area contributed by atoms with Gasteiger partial charge in [0.05, 0.1) is 11.0 Å². The first-order valence-electron chi connectivity index (χ1n) is 8.76. The molecular weight excluding hydrogens is 398 g/mol. The van der Waals surface area contributed by atoms with Crippen molar-refractivity contribution in [3.05, 3.63) is 57.6 Å². The van der Waals surface area contributed by atoms with Crippen LogP contribution in [0, 0.1) is 10.1 Å². The smallest absolute Gasteiger partial charge is 0.346 e. The molecule has 0 saturated heterocycles. The van der Waals surface area contributed by atoms with E-state index in [4.69, 9.17) is 19.9 Å². The van der Waals surface area contributed by atoms with Crippen LogP contribution in [0.1, 0.15) is 27.6 Å². The van der Waals surface area contributed by atoms with Crippen LogP contribution in [0.2, 0.25) is 0 Å². The highest BCUT2D eigenvalue weighted by Crippen LogP contribution is 2.37. The van der Waals surface area contributed by atoms with E-state index < -0.39 is 34.5 Å². The zero-order chi connectivity index (χ0) is 21.8. The van der Waals surface area contributed by atoms with Crippen molar-refractivity contribution in [2.45, 2.75) is 13.0 Å². The van der Waals surface area contributed by atoms with Gasteiger partial charge in [-0.15, -0.1) is 0 Å². The van der Waals surface area contributed by atoms with Crippen molar-refractivity contribution in [3.63, 3.8) is 0 Å². The number of nitrogens with two attached hydrogens (primary N) is 1. The van der Waals surface area contributed by atoms with Gasteiger partial charge in [-0.3, -0.25) is 19.7 Å². The van der Waals surface area contributed by atoms with Crippen LogP contribution in [-0.2, 0) is 9.53 Å². The Labute approximate surface area is 169 Å². The van der Waals surface area contributed by atoms with E-state index in [0.717, 1.165) is 12.1 Å². The Morgan fingerprint density at radius 2 is 1.73 bits per heavy atom. The minimum Gasteiger partial charge on any atom is -0.486 e. The number of primary amides is 1. The molecule has 0 unspecified atom stereocenters. The summed E-state index contributed by atoms with van der Waals surface area (Å²) in [7, 11) is 0. The van der Waals surface area contributed by atoms with E-state index in [0.29, 0.717) is 5.69 Å². The lowest BCUT2D eigenvalue weighted by atomic mass is 10.1. The fourth-order valence-electron chi connectivity index (χ4n) is 2.63. The number of carbonyl (C=O) groups excluding carboxylic acids is 3. The van der Waals surface area contributed by atoms with E-state index in [1.807, 2.05) is 0 Å². The molecular formula is C19H17N3O8. The summed E-state index contributed by atoms with van der Waals surface area (Å²) >= 11 is 0. The third-order valence-electron chi connectivity index (χ3n) is 4.17. The second-order valence-electron chi connectivity index (χ2n) is 6.25. The van der Waals surface area contributed by atoms with Crippen molar-refractivity contribution >= 4 is 29.2 Å². The Morgan fingerprint density at radius 1 is 1.13 bits per heavy atom. The second kappa shape index (κ2) is 8.47. The lowest BCUT2D eigenvalue weighted by Crippen LogP contribution is -2.30. The standard InChI is InChI=1S/C19H17N3O8/c1-10(18(24)21-12-4-2-11(3-5-12)17(20)23)30-19(25)13-8-15-16(29-7-6-28-15)9-14(13)22(26)27/h2-5,8-10H,6-7H2,1H3,(H2,20,23)(H,21,24)/t10-/m0/s1. The zero-order valence-electron chi connectivity index (χ0n) is 15.7. The van der Waals surface area contributed by atoms with Gasteiger partial charge in [-0.2, -0.15) is 0 Å². The molecule has 3 N–H and O–H groups in total. The van der Waals surface area contributed by atoms with Crippen LogP contribution >= 0.6 is 0 Å². The normalized spacial score (nSPS) is 13.1. The van der Waals surface area contributed by atoms with Gasteiger partial charge in [0.1, 0.15) is 18.8 Å². The number of anilines is 1. The average Bonchev–Trinajstić information content (AvgIpc) is 2.72. The third kappa shape index (κ3) is 4.46. The number of hydrogen-bond donors (Lipinski definition) is 2. The molecule has 11 nitrogen and oxygen atoms in total. The molecule has 3 rings (SSSR count). The quantitative estimate of drug-likeness (QED) is 0.409. The molecule has 2 aromatic rings. The van der Waals surface area contributed by atoms with E-state index in [-0.39, 0.29) is 35.8 Å². The molecule has 1 atom stereocenters. The predicted octanol–water partition coefficient (Wildman–Crippen LogP) is 1.65. The van der Waals surface area contributed by atoms with Gasteiger partial charge in [-0.25, -0.2) is 4.79 Å². The minimum atomic E-state index is -1.26. The summed E-state index contributed by atoms with van der Waals surface area (Å²) < 4.78 is 15.7. The summed E-state index contributed by atoms with van der Waals surface area (Å²) in [5.74, 6) is -2.03. The number of nitrogens with one attached hydrogen (secondary N) is 1. The van der Waals surface area contributed by atoms with Gasteiger partial charge < -0.3 is 25.3 Å². The molecule has 2 amide bonds. The van der Waals surface area contributed by atoms with Gasteiger partial charge in [0.25, 0.3) is 11.6 Å². The molecule has 0 radical (unpaired) electrons. The highest BCUT2D eigenvalue weighted by Gasteiger charge is 2.29. The first-order chi connectivity index (χ1) is 14.3. The molecule has 0 aromatic heterocycles. The van der Waals surface area contributed by atoms with E-state index in [1.165, 1.54) is 31.2 Å². The molecule has 2 aromatic carbocycles. The van der Waals surface area contributed by atoms with Gasteiger partial charge in [-0.05, 0) is 31.2 Å². The van der Waals surface area contributed by atoms with Crippen molar-refractivity contribution in [2.75, 3.05) is 18.5 Å². The summed E-state index contributed by atoms with van der Waals surface area (Å²) in [5.41, 5.74) is 4.86. The summed E-state index contributed by atoms with van der Waals surface area (Å²) in [6.07, 6.45) is -1.26. The number of benzene rings is 2.